The highest BCUT2D eigenvalue weighted by atomic mass is 16.1. The summed E-state index contributed by atoms with van der Waals surface area (Å²) in [6, 6.07) is 7.69. The molecule has 0 spiro atoms. The van der Waals surface area contributed by atoms with Crippen LogP contribution in [0.4, 0.5) is 5.69 Å². The van der Waals surface area contributed by atoms with E-state index < -0.39 is 0 Å². The molecule has 0 radical (unpaired) electrons. The van der Waals surface area contributed by atoms with Crippen LogP contribution in [0, 0.1) is 5.92 Å². The normalized spacial score (nSPS) is 14.7. The van der Waals surface area contributed by atoms with E-state index in [0.29, 0.717) is 13.0 Å². The number of rotatable bonds is 7. The number of nitrogens with two attached hydrogens (primary N) is 1. The molecule has 0 heterocycles. The summed E-state index contributed by atoms with van der Waals surface area (Å²) in [6.45, 7) is 2.43. The highest BCUT2D eigenvalue weighted by Crippen LogP contribution is 2.29. The van der Waals surface area contributed by atoms with Gasteiger partial charge in [-0.2, -0.15) is 0 Å². The molecule has 1 aliphatic rings. The van der Waals surface area contributed by atoms with Crippen molar-refractivity contribution < 1.29 is 4.79 Å². The molecule has 1 saturated carbocycles. The number of hydrogen-bond donors (Lipinski definition) is 2. The molecule has 0 aliphatic heterocycles. The molecule has 4 heteroatoms. The van der Waals surface area contributed by atoms with Crippen molar-refractivity contribution >= 4 is 11.6 Å². The van der Waals surface area contributed by atoms with E-state index >= 15 is 0 Å². The third-order valence-corrected chi connectivity index (χ3v) is 3.43. The molecule has 104 valence electrons. The molecule has 0 bridgehead atoms. The zero-order valence-electron chi connectivity index (χ0n) is 11.6. The van der Waals surface area contributed by atoms with Crippen molar-refractivity contribution in [1.82, 2.24) is 4.90 Å². The standard InChI is InChI=1S/C15H23N3O/c1-18(11-12-5-6-12)8-7-15(19)17-14-4-2-3-13(9-14)10-16/h2-4,9,12H,5-8,10-11,16H2,1H3,(H,17,19). The van der Waals surface area contributed by atoms with E-state index in [2.05, 4.69) is 17.3 Å². The summed E-state index contributed by atoms with van der Waals surface area (Å²) in [4.78, 5) is 14.1. The largest absolute Gasteiger partial charge is 0.326 e. The van der Waals surface area contributed by atoms with Crippen LogP contribution in [0.1, 0.15) is 24.8 Å². The molecule has 3 N–H and O–H groups in total. The molecule has 2 rings (SSSR count). The molecule has 1 aliphatic carbocycles. The summed E-state index contributed by atoms with van der Waals surface area (Å²) < 4.78 is 0. The summed E-state index contributed by atoms with van der Waals surface area (Å²) in [7, 11) is 2.08. The van der Waals surface area contributed by atoms with Gasteiger partial charge in [-0.25, -0.2) is 0 Å². The lowest BCUT2D eigenvalue weighted by Gasteiger charge is -2.15. The monoisotopic (exact) mass is 261 g/mol. The van der Waals surface area contributed by atoms with Gasteiger partial charge in [0.1, 0.15) is 0 Å². The lowest BCUT2D eigenvalue weighted by Crippen LogP contribution is -2.26. The van der Waals surface area contributed by atoms with E-state index in [1.807, 2.05) is 24.3 Å². The third-order valence-electron chi connectivity index (χ3n) is 3.43. The second-order valence-corrected chi connectivity index (χ2v) is 5.41. The fraction of sp³-hybridized carbons (Fsp3) is 0.533. The first kappa shape index (κ1) is 14.0. The maximum absolute atomic E-state index is 11.8. The predicted molar refractivity (Wildman–Crippen MR) is 77.8 cm³/mol. The van der Waals surface area contributed by atoms with Crippen molar-refractivity contribution in [3.05, 3.63) is 29.8 Å². The van der Waals surface area contributed by atoms with E-state index in [1.54, 1.807) is 0 Å². The van der Waals surface area contributed by atoms with E-state index in [9.17, 15) is 4.79 Å². The number of hydrogen-bond acceptors (Lipinski definition) is 3. The maximum atomic E-state index is 11.8. The van der Waals surface area contributed by atoms with Crippen LogP contribution in [0.15, 0.2) is 24.3 Å². The van der Waals surface area contributed by atoms with Crippen LogP contribution in [-0.2, 0) is 11.3 Å². The topological polar surface area (TPSA) is 58.4 Å². The van der Waals surface area contributed by atoms with Crippen molar-refractivity contribution in [2.75, 3.05) is 25.5 Å². The second-order valence-electron chi connectivity index (χ2n) is 5.41. The van der Waals surface area contributed by atoms with Gasteiger partial charge in [0.15, 0.2) is 0 Å². The highest BCUT2D eigenvalue weighted by molar-refractivity contribution is 5.90. The third kappa shape index (κ3) is 5.01. The Kier molecular flexibility index (Phi) is 4.93. The molecule has 1 aromatic rings. The Morgan fingerprint density at radius 3 is 2.95 bits per heavy atom. The molecule has 0 unspecified atom stereocenters. The SMILES string of the molecule is CN(CCC(=O)Nc1cccc(CN)c1)CC1CC1. The molecule has 0 saturated heterocycles. The first-order valence-corrected chi connectivity index (χ1v) is 6.95. The summed E-state index contributed by atoms with van der Waals surface area (Å²) in [6.07, 6.45) is 3.24. The summed E-state index contributed by atoms with van der Waals surface area (Å²) in [5, 5.41) is 2.92. The Labute approximate surface area is 115 Å². The summed E-state index contributed by atoms with van der Waals surface area (Å²) >= 11 is 0. The van der Waals surface area contributed by atoms with E-state index in [1.165, 1.54) is 12.8 Å². The van der Waals surface area contributed by atoms with E-state index in [-0.39, 0.29) is 5.91 Å². The van der Waals surface area contributed by atoms with Crippen molar-refractivity contribution in [3.63, 3.8) is 0 Å². The van der Waals surface area contributed by atoms with Crippen LogP contribution in [0.3, 0.4) is 0 Å². The van der Waals surface area contributed by atoms with Crippen LogP contribution >= 0.6 is 0 Å². The van der Waals surface area contributed by atoms with Crippen molar-refractivity contribution in [2.24, 2.45) is 11.7 Å². The Morgan fingerprint density at radius 1 is 1.47 bits per heavy atom. The van der Waals surface area contributed by atoms with Gasteiger partial charge in [0.05, 0.1) is 0 Å². The van der Waals surface area contributed by atoms with Gasteiger partial charge in [-0.05, 0) is 43.5 Å². The molecule has 0 atom stereocenters. The predicted octanol–water partition coefficient (Wildman–Crippen LogP) is 1.82. The summed E-state index contributed by atoms with van der Waals surface area (Å²) in [5.74, 6) is 0.936. The lowest BCUT2D eigenvalue weighted by molar-refractivity contribution is -0.116. The fourth-order valence-electron chi connectivity index (χ4n) is 2.12. The van der Waals surface area contributed by atoms with Gasteiger partial charge in [-0.15, -0.1) is 0 Å². The van der Waals surface area contributed by atoms with E-state index in [4.69, 9.17) is 5.73 Å². The number of carbonyl (C=O) groups excluding carboxylic acids is 1. The van der Waals surface area contributed by atoms with Crippen LogP contribution in [0.25, 0.3) is 0 Å². The zero-order chi connectivity index (χ0) is 13.7. The van der Waals surface area contributed by atoms with Gasteiger partial charge in [-0.3, -0.25) is 4.79 Å². The molecule has 1 fully saturated rings. The number of carbonyl (C=O) groups is 1. The van der Waals surface area contributed by atoms with Gasteiger partial charge in [0.25, 0.3) is 0 Å². The van der Waals surface area contributed by atoms with Gasteiger partial charge >= 0.3 is 0 Å². The maximum Gasteiger partial charge on any atom is 0.225 e. The van der Waals surface area contributed by atoms with Crippen LogP contribution in [-0.4, -0.2) is 30.9 Å². The molecule has 1 amide bonds. The first-order valence-electron chi connectivity index (χ1n) is 6.95. The average Bonchev–Trinajstić information content (AvgIpc) is 3.20. The van der Waals surface area contributed by atoms with Gasteiger partial charge in [0, 0.05) is 31.7 Å². The van der Waals surface area contributed by atoms with Crippen LogP contribution in [0.2, 0.25) is 0 Å². The molecule has 19 heavy (non-hydrogen) atoms. The number of amides is 1. The fourth-order valence-corrected chi connectivity index (χ4v) is 2.12. The minimum Gasteiger partial charge on any atom is -0.326 e. The van der Waals surface area contributed by atoms with Gasteiger partial charge in [0.2, 0.25) is 5.91 Å². The number of nitrogens with one attached hydrogen (secondary N) is 1. The smallest absolute Gasteiger partial charge is 0.225 e. The minimum atomic E-state index is 0.0665. The van der Waals surface area contributed by atoms with Crippen molar-refractivity contribution in [2.45, 2.75) is 25.8 Å². The second kappa shape index (κ2) is 6.68. The Hall–Kier alpha value is -1.39. The quantitative estimate of drug-likeness (QED) is 0.787. The Bertz CT molecular complexity index is 429. The molecule has 4 nitrogen and oxygen atoms in total. The number of nitrogens with zero attached hydrogens (tertiary/aromatic N) is 1. The average molecular weight is 261 g/mol. The number of benzene rings is 1. The van der Waals surface area contributed by atoms with Gasteiger partial charge < -0.3 is 16.0 Å². The van der Waals surface area contributed by atoms with Crippen molar-refractivity contribution in [3.8, 4) is 0 Å². The number of anilines is 1. The van der Waals surface area contributed by atoms with Crippen molar-refractivity contribution in [1.29, 1.82) is 0 Å². The molecule has 1 aromatic carbocycles. The molecular formula is C15H23N3O. The summed E-state index contributed by atoms with van der Waals surface area (Å²) in [5.41, 5.74) is 7.44. The zero-order valence-corrected chi connectivity index (χ0v) is 11.6. The van der Waals surface area contributed by atoms with Crippen LogP contribution < -0.4 is 11.1 Å². The minimum absolute atomic E-state index is 0.0665. The molecular weight excluding hydrogens is 238 g/mol. The highest BCUT2D eigenvalue weighted by Gasteiger charge is 2.22. The first-order chi connectivity index (χ1) is 9.17. The Balaban J connectivity index is 1.73. The van der Waals surface area contributed by atoms with E-state index in [0.717, 1.165) is 30.3 Å². The van der Waals surface area contributed by atoms with Gasteiger partial charge in [-0.1, -0.05) is 12.1 Å². The lowest BCUT2D eigenvalue weighted by atomic mass is 10.2. The Morgan fingerprint density at radius 2 is 2.26 bits per heavy atom. The van der Waals surface area contributed by atoms with Crippen LogP contribution in [0.5, 0.6) is 0 Å². The molecule has 0 aromatic heterocycles.